The van der Waals surface area contributed by atoms with E-state index in [-0.39, 0.29) is 0 Å². The summed E-state index contributed by atoms with van der Waals surface area (Å²) >= 11 is 0. The van der Waals surface area contributed by atoms with Crippen LogP contribution in [0.3, 0.4) is 0 Å². The number of hydrogen-bond donors (Lipinski definition) is 0. The fourth-order valence-corrected chi connectivity index (χ4v) is 5.85. The summed E-state index contributed by atoms with van der Waals surface area (Å²) in [5.74, 6) is 1.73. The van der Waals surface area contributed by atoms with Gasteiger partial charge in [-0.15, -0.1) is 0 Å². The van der Waals surface area contributed by atoms with Crippen LogP contribution in [0.25, 0.3) is 72.8 Å². The zero-order valence-electron chi connectivity index (χ0n) is 24.0. The molecule has 210 valence electrons. The number of pyridine rings is 1. The molecule has 0 spiro atoms. The van der Waals surface area contributed by atoms with E-state index < -0.39 is 0 Å². The number of benzene rings is 5. The zero-order chi connectivity index (χ0) is 30.2. The van der Waals surface area contributed by atoms with Gasteiger partial charge in [-0.1, -0.05) is 97.1 Å². The predicted octanol–water partition coefficient (Wildman–Crippen LogP) is 8.90. The molecule has 0 amide bonds. The van der Waals surface area contributed by atoms with E-state index in [0.29, 0.717) is 23.0 Å². The molecule has 45 heavy (non-hydrogen) atoms. The van der Waals surface area contributed by atoms with Crippen LogP contribution in [0.5, 0.6) is 0 Å². The van der Waals surface area contributed by atoms with Gasteiger partial charge < -0.3 is 4.57 Å². The maximum Gasteiger partial charge on any atom is 0.166 e. The number of para-hydroxylation sites is 1. The topological polar surface area (TPSA) is 80.3 Å². The van der Waals surface area contributed by atoms with E-state index in [1.807, 2.05) is 109 Å². The van der Waals surface area contributed by atoms with Crippen LogP contribution < -0.4 is 0 Å². The van der Waals surface area contributed by atoms with Crippen molar-refractivity contribution in [3.63, 3.8) is 0 Å². The Morgan fingerprint density at radius 1 is 0.511 bits per heavy atom. The van der Waals surface area contributed by atoms with E-state index in [1.54, 1.807) is 6.20 Å². The predicted molar refractivity (Wildman–Crippen MR) is 178 cm³/mol. The van der Waals surface area contributed by atoms with Gasteiger partial charge in [-0.25, -0.2) is 15.0 Å². The highest BCUT2D eigenvalue weighted by Gasteiger charge is 2.20. The summed E-state index contributed by atoms with van der Waals surface area (Å²) in [4.78, 5) is 19.5. The summed E-state index contributed by atoms with van der Waals surface area (Å²) in [5, 5.41) is 12.0. The smallest absolute Gasteiger partial charge is 0.166 e. The minimum Gasteiger partial charge on any atom is -0.308 e. The Bertz CT molecular complexity index is 2320. The fraction of sp³-hybridized carbons (Fsp3) is 0. The van der Waals surface area contributed by atoms with Crippen LogP contribution in [0.1, 0.15) is 5.56 Å². The van der Waals surface area contributed by atoms with Crippen LogP contribution in [-0.2, 0) is 0 Å². The second kappa shape index (κ2) is 11.0. The van der Waals surface area contributed by atoms with Gasteiger partial charge in [0, 0.05) is 45.4 Å². The lowest BCUT2D eigenvalue weighted by molar-refractivity contribution is 1.06. The molecule has 8 aromatic rings. The molecule has 0 atom stereocenters. The van der Waals surface area contributed by atoms with Crippen molar-refractivity contribution in [1.82, 2.24) is 24.5 Å². The lowest BCUT2D eigenvalue weighted by Gasteiger charge is -2.16. The zero-order valence-corrected chi connectivity index (χ0v) is 24.0. The van der Waals surface area contributed by atoms with Crippen LogP contribution >= 0.6 is 0 Å². The highest BCUT2D eigenvalue weighted by Crippen LogP contribution is 2.38. The maximum absolute atomic E-state index is 9.81. The number of aromatic nitrogens is 5. The summed E-state index contributed by atoms with van der Waals surface area (Å²) in [6.07, 6.45) is 3.63. The first-order valence-electron chi connectivity index (χ1n) is 14.6. The lowest BCUT2D eigenvalue weighted by Crippen LogP contribution is -2.04. The van der Waals surface area contributed by atoms with Crippen molar-refractivity contribution in [3.05, 3.63) is 151 Å². The third-order valence-corrected chi connectivity index (χ3v) is 7.98. The van der Waals surface area contributed by atoms with Crippen molar-refractivity contribution in [2.45, 2.75) is 0 Å². The first kappa shape index (κ1) is 26.2. The summed E-state index contributed by atoms with van der Waals surface area (Å²) in [7, 11) is 0. The Labute approximate surface area is 259 Å². The quantitative estimate of drug-likeness (QED) is 0.204. The Kier molecular flexibility index (Phi) is 6.40. The molecule has 6 heteroatoms. The summed E-state index contributed by atoms with van der Waals surface area (Å²) < 4.78 is 2.21. The fourth-order valence-electron chi connectivity index (χ4n) is 5.85. The molecule has 0 bridgehead atoms. The minimum atomic E-state index is 0.547. The molecule has 0 fully saturated rings. The van der Waals surface area contributed by atoms with Crippen molar-refractivity contribution < 1.29 is 0 Å². The average molecular weight is 577 g/mol. The largest absolute Gasteiger partial charge is 0.308 e. The van der Waals surface area contributed by atoms with E-state index in [0.717, 1.165) is 55.3 Å². The molecule has 0 saturated heterocycles. The SMILES string of the molecule is N#Cc1ccc2c3ccccc3n(-c3ccc(-c4cccnc4)cc3-c3nc(-c4ccccc4)nc(-c4ccccc4)n3)c2c1. The van der Waals surface area contributed by atoms with Gasteiger partial charge in [0.2, 0.25) is 0 Å². The molecule has 6 nitrogen and oxygen atoms in total. The molecule has 0 radical (unpaired) electrons. The van der Waals surface area contributed by atoms with E-state index in [9.17, 15) is 5.26 Å². The molecule has 3 aromatic heterocycles. The minimum absolute atomic E-state index is 0.547. The third kappa shape index (κ3) is 4.69. The molecule has 3 heterocycles. The number of fused-ring (bicyclic) bond motifs is 3. The first-order chi connectivity index (χ1) is 22.3. The number of nitrogens with zero attached hydrogens (tertiary/aromatic N) is 6. The monoisotopic (exact) mass is 576 g/mol. The van der Waals surface area contributed by atoms with E-state index in [1.165, 1.54) is 0 Å². The Hall–Kier alpha value is -6.45. The van der Waals surface area contributed by atoms with Gasteiger partial charge in [0.25, 0.3) is 0 Å². The molecule has 0 aliphatic carbocycles. The van der Waals surface area contributed by atoms with E-state index in [4.69, 9.17) is 15.0 Å². The van der Waals surface area contributed by atoms with Gasteiger partial charge >= 0.3 is 0 Å². The van der Waals surface area contributed by atoms with Crippen molar-refractivity contribution in [2.75, 3.05) is 0 Å². The number of hydrogen-bond acceptors (Lipinski definition) is 5. The molecular weight excluding hydrogens is 552 g/mol. The molecule has 0 aliphatic heterocycles. The molecule has 8 rings (SSSR count). The molecule has 5 aromatic carbocycles. The van der Waals surface area contributed by atoms with Gasteiger partial charge in [-0.05, 0) is 42.0 Å². The van der Waals surface area contributed by atoms with Crippen molar-refractivity contribution in [1.29, 1.82) is 5.26 Å². The second-order valence-corrected chi connectivity index (χ2v) is 10.7. The summed E-state index contributed by atoms with van der Waals surface area (Å²) in [5.41, 5.74) is 8.06. The highest BCUT2D eigenvalue weighted by molar-refractivity contribution is 6.10. The van der Waals surface area contributed by atoms with Crippen molar-refractivity contribution >= 4 is 21.8 Å². The first-order valence-corrected chi connectivity index (χ1v) is 14.6. The van der Waals surface area contributed by atoms with Gasteiger partial charge in [0.1, 0.15) is 0 Å². The molecule has 0 N–H and O–H groups in total. The Morgan fingerprint density at radius 2 is 1.16 bits per heavy atom. The lowest BCUT2D eigenvalue weighted by atomic mass is 10.0. The van der Waals surface area contributed by atoms with Crippen LogP contribution in [0.4, 0.5) is 0 Å². The van der Waals surface area contributed by atoms with Crippen LogP contribution in [0.2, 0.25) is 0 Å². The van der Waals surface area contributed by atoms with Crippen LogP contribution in [0, 0.1) is 11.3 Å². The number of nitriles is 1. The number of rotatable bonds is 5. The molecular formula is C39H24N6. The Morgan fingerprint density at radius 3 is 1.84 bits per heavy atom. The van der Waals surface area contributed by atoms with Gasteiger partial charge in [-0.2, -0.15) is 5.26 Å². The van der Waals surface area contributed by atoms with Crippen LogP contribution in [-0.4, -0.2) is 24.5 Å². The van der Waals surface area contributed by atoms with Gasteiger partial charge in [-0.3, -0.25) is 4.98 Å². The normalized spacial score (nSPS) is 11.1. The van der Waals surface area contributed by atoms with Gasteiger partial charge in [0.05, 0.1) is 28.4 Å². The summed E-state index contributed by atoms with van der Waals surface area (Å²) in [6, 6.07) is 46.7. The second-order valence-electron chi connectivity index (χ2n) is 10.7. The standard InChI is InChI=1S/C39H24N6/c40-24-26-17-19-32-31-15-7-8-16-34(31)45(36(32)22-26)35-20-18-29(30-14-9-21-41-25-30)23-33(35)39-43-37(27-10-3-1-4-11-27)42-38(44-39)28-12-5-2-6-13-28/h1-23,25H. The van der Waals surface area contributed by atoms with Gasteiger partial charge in [0.15, 0.2) is 17.5 Å². The Balaban J connectivity index is 1.47. The molecule has 0 aliphatic rings. The maximum atomic E-state index is 9.81. The molecule has 0 unspecified atom stereocenters. The van der Waals surface area contributed by atoms with Crippen molar-refractivity contribution in [3.8, 4) is 57.0 Å². The van der Waals surface area contributed by atoms with Crippen molar-refractivity contribution in [2.24, 2.45) is 0 Å². The van der Waals surface area contributed by atoms with E-state index >= 15 is 0 Å². The third-order valence-electron chi connectivity index (χ3n) is 7.98. The van der Waals surface area contributed by atoms with E-state index in [2.05, 4.69) is 46.0 Å². The average Bonchev–Trinajstić information content (AvgIpc) is 3.45. The molecule has 0 saturated carbocycles. The summed E-state index contributed by atoms with van der Waals surface area (Å²) in [6.45, 7) is 0. The van der Waals surface area contributed by atoms with Crippen LogP contribution in [0.15, 0.2) is 146 Å². The highest BCUT2D eigenvalue weighted by atomic mass is 15.1.